The van der Waals surface area contributed by atoms with E-state index >= 15 is 0 Å². The van der Waals surface area contributed by atoms with Gasteiger partial charge in [0.05, 0.1) is 0 Å². The molecule has 1 aromatic rings. The summed E-state index contributed by atoms with van der Waals surface area (Å²) in [6, 6.07) is 0. The summed E-state index contributed by atoms with van der Waals surface area (Å²) in [5.41, 5.74) is 10.7. The molecule has 8 heteroatoms. The predicted molar refractivity (Wildman–Crippen MR) is 54.0 cm³/mol. The second-order valence-corrected chi connectivity index (χ2v) is 2.75. The van der Waals surface area contributed by atoms with Crippen LogP contribution in [0.15, 0.2) is 0 Å². The molecule has 8 nitrogen and oxygen atoms in total. The Kier molecular flexibility index (Phi) is 3.58. The van der Waals surface area contributed by atoms with Crippen molar-refractivity contribution in [2.45, 2.75) is 20.1 Å². The number of nitrogen functional groups attached to an aromatic ring is 2. The number of ether oxygens (including phenoxy) is 1. The second kappa shape index (κ2) is 4.71. The van der Waals surface area contributed by atoms with Gasteiger partial charge in [-0.15, -0.1) is 0 Å². The fourth-order valence-corrected chi connectivity index (χ4v) is 0.974. The zero-order valence-corrected chi connectivity index (χ0v) is 8.58. The van der Waals surface area contributed by atoms with Crippen LogP contribution in [0, 0.1) is 0 Å². The lowest BCUT2D eigenvalue weighted by molar-refractivity contribution is 0.0104. The fourth-order valence-electron chi connectivity index (χ4n) is 0.974. The molecule has 0 aliphatic heterocycles. The molecule has 0 aliphatic carbocycles. The summed E-state index contributed by atoms with van der Waals surface area (Å²) < 4.78 is 5.13. The van der Waals surface area contributed by atoms with Crippen LogP contribution in [-0.4, -0.2) is 33.0 Å². The molecule has 0 saturated carbocycles. The van der Waals surface area contributed by atoms with Gasteiger partial charge in [0.2, 0.25) is 11.9 Å². The molecule has 1 atom stereocenters. The van der Waals surface area contributed by atoms with E-state index in [1.807, 2.05) is 0 Å². The molecule has 0 radical (unpaired) electrons. The van der Waals surface area contributed by atoms with Crippen molar-refractivity contribution in [1.82, 2.24) is 15.0 Å². The lowest BCUT2D eigenvalue weighted by atomic mass is 10.6. The van der Waals surface area contributed by atoms with Crippen LogP contribution < -0.4 is 16.5 Å². The Labute approximate surface area is 86.9 Å². The van der Waals surface area contributed by atoms with E-state index in [9.17, 15) is 5.21 Å². The quantitative estimate of drug-likeness (QED) is 0.457. The monoisotopic (exact) mass is 214 g/mol. The summed E-state index contributed by atoms with van der Waals surface area (Å²) in [6.45, 7) is 3.90. The molecule has 0 amide bonds. The number of anilines is 3. The van der Waals surface area contributed by atoms with E-state index in [1.165, 1.54) is 0 Å². The second-order valence-electron chi connectivity index (χ2n) is 2.75. The maximum Gasteiger partial charge on any atom is 0.258 e. The van der Waals surface area contributed by atoms with Crippen molar-refractivity contribution < 1.29 is 9.94 Å². The summed E-state index contributed by atoms with van der Waals surface area (Å²) in [5.74, 6) is -0.151. The van der Waals surface area contributed by atoms with E-state index in [-0.39, 0.29) is 17.8 Å². The molecule has 0 saturated heterocycles. The van der Waals surface area contributed by atoms with Crippen LogP contribution in [0.5, 0.6) is 0 Å². The molecule has 15 heavy (non-hydrogen) atoms. The Morgan fingerprint density at radius 2 is 1.87 bits per heavy atom. The number of nitrogens with zero attached hydrogens (tertiary/aromatic N) is 4. The number of aromatic nitrogens is 3. The molecule has 1 aromatic heterocycles. The molecule has 1 rings (SSSR count). The number of hydrogen-bond donors (Lipinski definition) is 3. The Morgan fingerprint density at radius 3 is 2.33 bits per heavy atom. The summed E-state index contributed by atoms with van der Waals surface area (Å²) in [4.78, 5) is 11.0. The van der Waals surface area contributed by atoms with E-state index in [4.69, 9.17) is 16.2 Å². The van der Waals surface area contributed by atoms with Gasteiger partial charge < -0.3 is 16.2 Å². The van der Waals surface area contributed by atoms with Gasteiger partial charge >= 0.3 is 0 Å². The van der Waals surface area contributed by atoms with Crippen molar-refractivity contribution in [3.05, 3.63) is 0 Å². The third kappa shape index (κ3) is 2.89. The zero-order chi connectivity index (χ0) is 11.4. The highest BCUT2D eigenvalue weighted by molar-refractivity contribution is 5.37. The van der Waals surface area contributed by atoms with Crippen LogP contribution in [0.25, 0.3) is 0 Å². The lowest BCUT2D eigenvalue weighted by Gasteiger charge is -2.21. The Hall–Kier alpha value is -1.67. The summed E-state index contributed by atoms with van der Waals surface area (Å²) >= 11 is 0. The maximum absolute atomic E-state index is 9.61. The van der Waals surface area contributed by atoms with Crippen LogP contribution in [-0.2, 0) is 4.74 Å². The van der Waals surface area contributed by atoms with Gasteiger partial charge in [-0.3, -0.25) is 5.21 Å². The number of hydrogen-bond acceptors (Lipinski definition) is 8. The van der Waals surface area contributed by atoms with Crippen LogP contribution >= 0.6 is 0 Å². The normalized spacial score (nSPS) is 12.5. The van der Waals surface area contributed by atoms with E-state index in [1.54, 1.807) is 13.8 Å². The maximum atomic E-state index is 9.61. The van der Waals surface area contributed by atoms with Crippen molar-refractivity contribution in [1.29, 1.82) is 0 Å². The molecule has 0 spiro atoms. The Balaban J connectivity index is 2.85. The third-order valence-electron chi connectivity index (χ3n) is 1.62. The van der Waals surface area contributed by atoms with E-state index in [2.05, 4.69) is 15.0 Å². The van der Waals surface area contributed by atoms with Gasteiger partial charge in [0, 0.05) is 6.61 Å². The summed E-state index contributed by atoms with van der Waals surface area (Å²) in [5, 5.41) is 10.3. The number of nitrogens with two attached hydrogens (primary N) is 2. The highest BCUT2D eigenvalue weighted by Crippen LogP contribution is 2.11. The molecule has 1 heterocycles. The minimum absolute atomic E-state index is 0.0408. The van der Waals surface area contributed by atoms with E-state index in [0.29, 0.717) is 6.61 Å². The van der Waals surface area contributed by atoms with Gasteiger partial charge in [-0.25, -0.2) is 0 Å². The molecule has 5 N–H and O–H groups in total. The van der Waals surface area contributed by atoms with E-state index < -0.39 is 6.23 Å². The van der Waals surface area contributed by atoms with Gasteiger partial charge in [-0.1, -0.05) is 0 Å². The third-order valence-corrected chi connectivity index (χ3v) is 1.62. The molecule has 0 aliphatic rings. The van der Waals surface area contributed by atoms with Gasteiger partial charge in [0.15, 0.2) is 6.23 Å². The van der Waals surface area contributed by atoms with Crippen LogP contribution in [0.1, 0.15) is 13.8 Å². The first-order valence-corrected chi connectivity index (χ1v) is 4.41. The minimum atomic E-state index is -0.587. The minimum Gasteiger partial charge on any atom is -0.368 e. The molecular weight excluding hydrogens is 200 g/mol. The smallest absolute Gasteiger partial charge is 0.258 e. The van der Waals surface area contributed by atoms with Crippen LogP contribution in [0.3, 0.4) is 0 Å². The van der Waals surface area contributed by atoms with Crippen molar-refractivity contribution >= 4 is 17.8 Å². The first kappa shape index (κ1) is 11.4. The first-order chi connectivity index (χ1) is 7.04. The van der Waals surface area contributed by atoms with Crippen molar-refractivity contribution in [2.75, 3.05) is 23.1 Å². The van der Waals surface area contributed by atoms with E-state index in [0.717, 1.165) is 5.06 Å². The average molecular weight is 214 g/mol. The SMILES string of the molecule is CCOC(C)N(O)c1nc(N)nc(N)n1. The predicted octanol–water partition coefficient (Wildman–Crippen LogP) is -0.386. The lowest BCUT2D eigenvalue weighted by Crippen LogP contribution is -2.33. The highest BCUT2D eigenvalue weighted by atomic mass is 16.6. The summed E-state index contributed by atoms with van der Waals surface area (Å²) in [6.07, 6.45) is -0.587. The van der Waals surface area contributed by atoms with Crippen LogP contribution in [0.2, 0.25) is 0 Å². The zero-order valence-electron chi connectivity index (χ0n) is 8.58. The Bertz CT molecular complexity index is 313. The number of hydroxylamine groups is 1. The van der Waals surface area contributed by atoms with Crippen LogP contribution in [0.4, 0.5) is 17.8 Å². The van der Waals surface area contributed by atoms with Gasteiger partial charge in [0.25, 0.3) is 5.95 Å². The standard InChI is InChI=1S/C7H14N6O2/c1-3-15-4(2)13(14)7-11-5(8)10-6(9)12-7/h4,14H,3H2,1-2H3,(H4,8,9,10,11,12). The summed E-state index contributed by atoms with van der Waals surface area (Å²) in [7, 11) is 0. The number of rotatable bonds is 4. The largest absolute Gasteiger partial charge is 0.368 e. The van der Waals surface area contributed by atoms with Gasteiger partial charge in [-0.05, 0) is 13.8 Å². The molecular formula is C7H14N6O2. The molecule has 0 bridgehead atoms. The Morgan fingerprint density at radius 1 is 1.33 bits per heavy atom. The molecule has 84 valence electrons. The highest BCUT2D eigenvalue weighted by Gasteiger charge is 2.16. The average Bonchev–Trinajstić information content (AvgIpc) is 2.15. The molecule has 1 unspecified atom stereocenters. The van der Waals surface area contributed by atoms with Crippen molar-refractivity contribution in [2.24, 2.45) is 0 Å². The van der Waals surface area contributed by atoms with Crippen molar-refractivity contribution in [3.63, 3.8) is 0 Å². The first-order valence-electron chi connectivity index (χ1n) is 4.41. The molecule has 0 aromatic carbocycles. The van der Waals surface area contributed by atoms with Crippen molar-refractivity contribution in [3.8, 4) is 0 Å². The topological polar surface area (TPSA) is 123 Å². The molecule has 0 fully saturated rings. The van der Waals surface area contributed by atoms with Gasteiger partial charge in [0.1, 0.15) is 0 Å². The van der Waals surface area contributed by atoms with Gasteiger partial charge in [-0.2, -0.15) is 20.0 Å². The fraction of sp³-hybridized carbons (Fsp3) is 0.571.